The second-order valence-electron chi connectivity index (χ2n) is 4.89. The molecule has 0 saturated heterocycles. The van der Waals surface area contributed by atoms with Gasteiger partial charge in [-0.3, -0.25) is 0 Å². The van der Waals surface area contributed by atoms with Crippen molar-refractivity contribution < 1.29 is 4.74 Å². The molecule has 0 amide bonds. The summed E-state index contributed by atoms with van der Waals surface area (Å²) in [6.45, 7) is 3.91. The van der Waals surface area contributed by atoms with Crippen LogP contribution in [-0.4, -0.2) is 25.6 Å². The predicted molar refractivity (Wildman–Crippen MR) is 77.1 cm³/mol. The smallest absolute Gasteiger partial charge is 0.141 e. The summed E-state index contributed by atoms with van der Waals surface area (Å²) in [7, 11) is 3.72. The molecule has 0 bridgehead atoms. The van der Waals surface area contributed by atoms with Gasteiger partial charge in [-0.2, -0.15) is 5.26 Å². The number of allylic oxidation sites excluding steroid dienone is 1. The third-order valence-corrected chi connectivity index (χ3v) is 3.67. The Labute approximate surface area is 115 Å². The van der Waals surface area contributed by atoms with Crippen LogP contribution in [0.3, 0.4) is 0 Å². The summed E-state index contributed by atoms with van der Waals surface area (Å²) in [6.07, 6.45) is 6.42. The zero-order valence-corrected chi connectivity index (χ0v) is 11.9. The Morgan fingerprint density at radius 1 is 1.47 bits per heavy atom. The first-order valence-corrected chi connectivity index (χ1v) is 6.69. The van der Waals surface area contributed by atoms with Crippen molar-refractivity contribution in [2.24, 2.45) is 0 Å². The lowest BCUT2D eigenvalue weighted by molar-refractivity contribution is 0.332. The van der Waals surface area contributed by atoms with Gasteiger partial charge in [0.2, 0.25) is 0 Å². The summed E-state index contributed by atoms with van der Waals surface area (Å²) in [6, 6.07) is 4.24. The summed E-state index contributed by atoms with van der Waals surface area (Å²) in [5.41, 5.74) is 4.29. The number of nitriles is 1. The van der Waals surface area contributed by atoms with Gasteiger partial charge in [0.05, 0.1) is 12.7 Å². The lowest BCUT2D eigenvalue weighted by atomic mass is 9.90. The number of hydrogen-bond acceptors (Lipinski definition) is 3. The molecule has 0 aliphatic heterocycles. The van der Waals surface area contributed by atoms with Gasteiger partial charge in [-0.1, -0.05) is 19.1 Å². The first kappa shape index (κ1) is 13.6. The van der Waals surface area contributed by atoms with Crippen molar-refractivity contribution in [2.45, 2.75) is 26.3 Å². The van der Waals surface area contributed by atoms with Crippen LogP contribution in [0.15, 0.2) is 12.1 Å². The summed E-state index contributed by atoms with van der Waals surface area (Å²) >= 11 is 0. The summed E-state index contributed by atoms with van der Waals surface area (Å²) in [5, 5.41) is 9.31. The molecule has 0 unspecified atom stereocenters. The molecule has 1 aliphatic carbocycles. The van der Waals surface area contributed by atoms with E-state index in [1.807, 2.05) is 6.07 Å². The Balaban J connectivity index is 2.59. The van der Waals surface area contributed by atoms with Gasteiger partial charge >= 0.3 is 0 Å². The Morgan fingerprint density at radius 3 is 2.89 bits per heavy atom. The monoisotopic (exact) mass is 256 g/mol. The van der Waals surface area contributed by atoms with Gasteiger partial charge in [0.15, 0.2) is 0 Å². The molecule has 0 saturated carbocycles. The molecule has 0 N–H and O–H groups in total. The van der Waals surface area contributed by atoms with Gasteiger partial charge in [0.25, 0.3) is 0 Å². The van der Waals surface area contributed by atoms with E-state index in [-0.39, 0.29) is 0 Å². The highest BCUT2D eigenvalue weighted by molar-refractivity contribution is 5.67. The highest BCUT2D eigenvalue weighted by Gasteiger charge is 2.19. The molecule has 3 heteroatoms. The molecule has 1 aliphatic rings. The third kappa shape index (κ3) is 2.64. The number of ether oxygens (including phenoxy) is 1. The minimum atomic E-state index is 0.649. The lowest BCUT2D eigenvalue weighted by Crippen LogP contribution is -2.19. The second kappa shape index (κ2) is 5.90. The fourth-order valence-corrected chi connectivity index (χ4v) is 2.51. The Kier molecular flexibility index (Phi) is 4.24. The summed E-state index contributed by atoms with van der Waals surface area (Å²) in [4.78, 5) is 2.22. The molecule has 2 rings (SSSR count). The summed E-state index contributed by atoms with van der Waals surface area (Å²) < 4.78 is 5.50. The normalized spacial score (nSPS) is 13.2. The summed E-state index contributed by atoms with van der Waals surface area (Å²) in [5.74, 6) is 0.730. The molecule has 0 atom stereocenters. The maximum atomic E-state index is 9.31. The van der Waals surface area contributed by atoms with Crippen LogP contribution in [-0.2, 0) is 13.0 Å². The van der Waals surface area contributed by atoms with Crippen molar-refractivity contribution in [1.29, 1.82) is 5.26 Å². The maximum absolute atomic E-state index is 9.31. The number of nitrogens with zero attached hydrogens (tertiary/aromatic N) is 2. The van der Waals surface area contributed by atoms with Crippen LogP contribution < -0.4 is 4.74 Å². The molecule has 0 radical (unpaired) electrons. The Morgan fingerprint density at radius 2 is 2.26 bits per heavy atom. The first-order chi connectivity index (χ1) is 9.21. The SMILES string of the molecule is CCN(C)Cc1c2c(cc(C#N)c1OC)CCC=C2. The molecule has 0 spiro atoms. The van der Waals surface area contributed by atoms with Gasteiger partial charge < -0.3 is 9.64 Å². The van der Waals surface area contributed by atoms with Crippen LogP contribution in [0, 0.1) is 11.3 Å². The zero-order valence-electron chi connectivity index (χ0n) is 11.9. The van der Waals surface area contributed by atoms with Gasteiger partial charge in [-0.05, 0) is 43.6 Å². The Hall–Kier alpha value is -1.79. The minimum Gasteiger partial charge on any atom is -0.495 e. The lowest BCUT2D eigenvalue weighted by Gasteiger charge is -2.23. The zero-order chi connectivity index (χ0) is 13.8. The van der Waals surface area contributed by atoms with E-state index in [1.54, 1.807) is 7.11 Å². The van der Waals surface area contributed by atoms with Gasteiger partial charge in [0, 0.05) is 12.1 Å². The van der Waals surface area contributed by atoms with E-state index in [0.717, 1.165) is 37.2 Å². The molecule has 19 heavy (non-hydrogen) atoms. The molecule has 0 aromatic heterocycles. The maximum Gasteiger partial charge on any atom is 0.141 e. The number of rotatable bonds is 4. The minimum absolute atomic E-state index is 0.649. The van der Waals surface area contributed by atoms with Crippen LogP contribution in [0.1, 0.15) is 35.6 Å². The molecule has 3 nitrogen and oxygen atoms in total. The van der Waals surface area contributed by atoms with E-state index in [0.29, 0.717) is 5.56 Å². The number of methoxy groups -OCH3 is 1. The van der Waals surface area contributed by atoms with Crippen LogP contribution in [0.5, 0.6) is 5.75 Å². The van der Waals surface area contributed by atoms with E-state index in [1.165, 1.54) is 11.1 Å². The van der Waals surface area contributed by atoms with Crippen molar-refractivity contribution >= 4 is 6.08 Å². The fraction of sp³-hybridized carbons (Fsp3) is 0.438. The Bertz CT molecular complexity index is 541. The largest absolute Gasteiger partial charge is 0.495 e. The van der Waals surface area contributed by atoms with Crippen molar-refractivity contribution in [2.75, 3.05) is 20.7 Å². The van der Waals surface area contributed by atoms with Crippen molar-refractivity contribution in [1.82, 2.24) is 4.90 Å². The number of aryl methyl sites for hydroxylation is 1. The number of hydrogen-bond donors (Lipinski definition) is 0. The highest BCUT2D eigenvalue weighted by Crippen LogP contribution is 2.34. The second-order valence-corrected chi connectivity index (χ2v) is 4.89. The van der Waals surface area contributed by atoms with Crippen molar-refractivity contribution in [3.05, 3.63) is 34.4 Å². The van der Waals surface area contributed by atoms with Crippen LogP contribution in [0.25, 0.3) is 6.08 Å². The van der Waals surface area contributed by atoms with E-state index in [9.17, 15) is 5.26 Å². The first-order valence-electron chi connectivity index (χ1n) is 6.69. The van der Waals surface area contributed by atoms with E-state index in [2.05, 4.69) is 37.1 Å². The average Bonchev–Trinajstić information content (AvgIpc) is 2.46. The van der Waals surface area contributed by atoms with Crippen LogP contribution in [0.2, 0.25) is 0 Å². The van der Waals surface area contributed by atoms with E-state index < -0.39 is 0 Å². The molecular formula is C16H20N2O. The molecule has 1 aromatic rings. The van der Waals surface area contributed by atoms with Crippen molar-refractivity contribution in [3.63, 3.8) is 0 Å². The van der Waals surface area contributed by atoms with E-state index in [4.69, 9.17) is 4.74 Å². The third-order valence-electron chi connectivity index (χ3n) is 3.67. The molecule has 100 valence electrons. The van der Waals surface area contributed by atoms with Crippen molar-refractivity contribution in [3.8, 4) is 11.8 Å². The van der Waals surface area contributed by atoms with Gasteiger partial charge in [-0.25, -0.2) is 0 Å². The number of benzene rings is 1. The van der Waals surface area contributed by atoms with Gasteiger partial charge in [-0.15, -0.1) is 0 Å². The molecule has 0 fully saturated rings. The molecule has 1 aromatic carbocycles. The number of fused-ring (bicyclic) bond motifs is 1. The van der Waals surface area contributed by atoms with Gasteiger partial charge in [0.1, 0.15) is 11.8 Å². The predicted octanol–water partition coefficient (Wildman–Crippen LogP) is 2.98. The highest BCUT2D eigenvalue weighted by atomic mass is 16.5. The topological polar surface area (TPSA) is 36.3 Å². The standard InChI is InChI=1S/C16H20N2O/c1-4-18(2)11-15-14-8-6-5-7-12(14)9-13(10-17)16(15)19-3/h6,8-9H,4-5,7,11H2,1-3H3. The van der Waals surface area contributed by atoms with Crippen LogP contribution >= 0.6 is 0 Å². The fourth-order valence-electron chi connectivity index (χ4n) is 2.51. The molecule has 0 heterocycles. The average molecular weight is 256 g/mol. The van der Waals surface area contributed by atoms with Crippen LogP contribution in [0.4, 0.5) is 0 Å². The van der Waals surface area contributed by atoms with E-state index >= 15 is 0 Å². The molecular weight excluding hydrogens is 236 g/mol. The quantitative estimate of drug-likeness (QED) is 0.831.